The van der Waals surface area contributed by atoms with Gasteiger partial charge >= 0.3 is 0 Å². The third-order valence-electron chi connectivity index (χ3n) is 4.65. The number of nitrogens with one attached hydrogen (secondary N) is 2. The number of amides is 1. The van der Waals surface area contributed by atoms with Crippen LogP contribution < -0.4 is 5.32 Å². The average Bonchev–Trinajstić information content (AvgIpc) is 2.97. The van der Waals surface area contributed by atoms with Crippen molar-refractivity contribution in [1.82, 2.24) is 20.2 Å². The first-order valence-corrected chi connectivity index (χ1v) is 7.86. The van der Waals surface area contributed by atoms with Crippen LogP contribution in [0.5, 0.6) is 0 Å². The Morgan fingerprint density at radius 2 is 2.45 bits per heavy atom. The minimum atomic E-state index is 0.165. The highest BCUT2D eigenvalue weighted by Crippen LogP contribution is 2.22. The number of pyridine rings is 1. The molecule has 4 rings (SSSR count). The number of hydrogen-bond acceptors (Lipinski definition) is 4. The normalized spacial score (nSPS) is 25.2. The Morgan fingerprint density at radius 1 is 1.50 bits per heavy atom. The van der Waals surface area contributed by atoms with Gasteiger partial charge in [-0.25, -0.2) is 4.98 Å². The van der Waals surface area contributed by atoms with E-state index in [4.69, 9.17) is 4.74 Å². The van der Waals surface area contributed by atoms with E-state index in [1.54, 1.807) is 6.20 Å². The van der Waals surface area contributed by atoms with E-state index in [2.05, 4.69) is 15.3 Å². The summed E-state index contributed by atoms with van der Waals surface area (Å²) in [7, 11) is 0. The van der Waals surface area contributed by atoms with Crippen molar-refractivity contribution in [1.29, 1.82) is 0 Å². The van der Waals surface area contributed by atoms with Crippen LogP contribution in [-0.4, -0.2) is 59.2 Å². The lowest BCUT2D eigenvalue weighted by molar-refractivity contribution is -0.147. The molecule has 2 saturated heterocycles. The van der Waals surface area contributed by atoms with Crippen LogP contribution in [0.2, 0.25) is 0 Å². The van der Waals surface area contributed by atoms with Gasteiger partial charge in [0.05, 0.1) is 25.2 Å². The minimum Gasteiger partial charge on any atom is -0.374 e. The number of fused-ring (bicyclic) bond motifs is 2. The fraction of sp³-hybridized carbons (Fsp3) is 0.500. The first-order valence-electron chi connectivity index (χ1n) is 7.86. The van der Waals surface area contributed by atoms with E-state index < -0.39 is 0 Å². The van der Waals surface area contributed by atoms with Gasteiger partial charge in [0.2, 0.25) is 5.91 Å². The first-order chi connectivity index (χ1) is 10.8. The number of morpholine rings is 1. The number of aromatic amines is 1. The number of nitrogens with zero attached hydrogens (tertiary/aromatic N) is 2. The third kappa shape index (κ3) is 2.38. The maximum absolute atomic E-state index is 12.8. The van der Waals surface area contributed by atoms with Crippen LogP contribution in [0.15, 0.2) is 24.5 Å². The van der Waals surface area contributed by atoms with E-state index in [0.717, 1.165) is 36.1 Å². The van der Waals surface area contributed by atoms with Crippen molar-refractivity contribution >= 4 is 16.9 Å². The molecule has 0 unspecified atom stereocenters. The largest absolute Gasteiger partial charge is 0.374 e. The smallest absolute Gasteiger partial charge is 0.227 e. The van der Waals surface area contributed by atoms with Crippen LogP contribution in [0.4, 0.5) is 0 Å². The molecular formula is C16H20N4O2. The Bertz CT molecular complexity index is 682. The second kappa shape index (κ2) is 5.70. The van der Waals surface area contributed by atoms with Crippen molar-refractivity contribution < 1.29 is 9.53 Å². The van der Waals surface area contributed by atoms with Crippen molar-refractivity contribution in [2.45, 2.75) is 25.0 Å². The molecule has 2 fully saturated rings. The molecule has 2 aromatic heterocycles. The van der Waals surface area contributed by atoms with Crippen LogP contribution in [0.1, 0.15) is 12.0 Å². The molecule has 6 heteroatoms. The molecule has 22 heavy (non-hydrogen) atoms. The number of H-pyrrole nitrogens is 1. The zero-order chi connectivity index (χ0) is 14.9. The van der Waals surface area contributed by atoms with Gasteiger partial charge in [-0.1, -0.05) is 0 Å². The van der Waals surface area contributed by atoms with Crippen molar-refractivity contribution in [3.8, 4) is 0 Å². The minimum absolute atomic E-state index is 0.165. The van der Waals surface area contributed by atoms with E-state index in [0.29, 0.717) is 19.6 Å². The molecule has 4 heterocycles. The summed E-state index contributed by atoms with van der Waals surface area (Å²) < 4.78 is 5.82. The Labute approximate surface area is 128 Å². The van der Waals surface area contributed by atoms with Crippen molar-refractivity contribution in [3.05, 3.63) is 30.1 Å². The van der Waals surface area contributed by atoms with Crippen molar-refractivity contribution in [2.24, 2.45) is 0 Å². The predicted octanol–water partition coefficient (Wildman–Crippen LogP) is 0.695. The molecule has 2 aromatic rings. The molecule has 2 aliphatic heterocycles. The predicted molar refractivity (Wildman–Crippen MR) is 82.5 cm³/mol. The van der Waals surface area contributed by atoms with Gasteiger partial charge in [-0.05, 0) is 30.7 Å². The summed E-state index contributed by atoms with van der Waals surface area (Å²) in [5, 5.41) is 4.40. The highest BCUT2D eigenvalue weighted by Gasteiger charge is 2.36. The number of piperidine rings is 1. The van der Waals surface area contributed by atoms with E-state index >= 15 is 0 Å². The Kier molecular flexibility index (Phi) is 3.56. The summed E-state index contributed by atoms with van der Waals surface area (Å²) >= 11 is 0. The lowest BCUT2D eigenvalue weighted by atomic mass is 9.99. The number of rotatable bonds is 2. The molecule has 6 nitrogen and oxygen atoms in total. The van der Waals surface area contributed by atoms with Gasteiger partial charge in [-0.2, -0.15) is 0 Å². The first kappa shape index (κ1) is 13.7. The Hall–Kier alpha value is -1.92. The number of carbonyl (C=O) groups is 1. The van der Waals surface area contributed by atoms with Crippen LogP contribution in [0.3, 0.4) is 0 Å². The molecule has 2 aliphatic rings. The maximum atomic E-state index is 12.8. The van der Waals surface area contributed by atoms with Gasteiger partial charge in [0, 0.05) is 30.9 Å². The van der Waals surface area contributed by atoms with Gasteiger partial charge in [0.25, 0.3) is 0 Å². The SMILES string of the molecule is O=C(Cc1c[nH]c2ncccc12)N1CCO[C@@H]2CCNC[C@@H]21. The zero-order valence-electron chi connectivity index (χ0n) is 12.4. The number of aromatic nitrogens is 2. The molecule has 0 aromatic carbocycles. The number of carbonyl (C=O) groups excluding carboxylic acids is 1. The van der Waals surface area contributed by atoms with Gasteiger partial charge in [-0.3, -0.25) is 4.79 Å². The summed E-state index contributed by atoms with van der Waals surface area (Å²) in [6.07, 6.45) is 5.22. The molecule has 2 N–H and O–H groups in total. The number of ether oxygens (including phenoxy) is 1. The lowest BCUT2D eigenvalue weighted by Crippen LogP contribution is -2.60. The van der Waals surface area contributed by atoms with Gasteiger partial charge in [-0.15, -0.1) is 0 Å². The standard InChI is InChI=1S/C16H20N4O2/c21-15(8-11-9-19-16-12(11)2-1-4-18-16)20-6-7-22-14-3-5-17-10-13(14)20/h1-2,4,9,13-14,17H,3,5-8,10H2,(H,18,19)/t13-,14+/m0/s1. The molecule has 0 spiro atoms. The topological polar surface area (TPSA) is 70.2 Å². The molecule has 0 aliphatic carbocycles. The fourth-order valence-corrected chi connectivity index (χ4v) is 3.52. The van der Waals surface area contributed by atoms with Crippen LogP contribution in [0.25, 0.3) is 11.0 Å². The lowest BCUT2D eigenvalue weighted by Gasteiger charge is -2.44. The quantitative estimate of drug-likeness (QED) is 0.856. The fourth-order valence-electron chi connectivity index (χ4n) is 3.52. The maximum Gasteiger partial charge on any atom is 0.227 e. The summed E-state index contributed by atoms with van der Waals surface area (Å²) in [6, 6.07) is 4.07. The van der Waals surface area contributed by atoms with Crippen molar-refractivity contribution in [3.63, 3.8) is 0 Å². The molecular weight excluding hydrogens is 280 g/mol. The summed E-state index contributed by atoms with van der Waals surface area (Å²) in [5.74, 6) is 0.173. The highest BCUT2D eigenvalue weighted by atomic mass is 16.5. The molecule has 0 bridgehead atoms. The summed E-state index contributed by atoms with van der Waals surface area (Å²) in [5.41, 5.74) is 1.85. The van der Waals surface area contributed by atoms with E-state index in [-0.39, 0.29) is 18.1 Å². The second-order valence-corrected chi connectivity index (χ2v) is 5.95. The van der Waals surface area contributed by atoms with Gasteiger partial charge < -0.3 is 19.9 Å². The van der Waals surface area contributed by atoms with Crippen LogP contribution in [0, 0.1) is 0 Å². The summed E-state index contributed by atoms with van der Waals surface area (Å²) in [4.78, 5) is 22.2. The second-order valence-electron chi connectivity index (χ2n) is 5.95. The molecule has 0 saturated carbocycles. The van der Waals surface area contributed by atoms with E-state index in [9.17, 15) is 4.79 Å². The highest BCUT2D eigenvalue weighted by molar-refractivity contribution is 5.87. The monoisotopic (exact) mass is 300 g/mol. The zero-order valence-corrected chi connectivity index (χ0v) is 12.4. The molecule has 1 amide bonds. The van der Waals surface area contributed by atoms with Gasteiger partial charge in [0.1, 0.15) is 5.65 Å². The molecule has 0 radical (unpaired) electrons. The average molecular weight is 300 g/mol. The van der Waals surface area contributed by atoms with Crippen LogP contribution in [-0.2, 0) is 16.0 Å². The Morgan fingerprint density at radius 3 is 3.41 bits per heavy atom. The van der Waals surface area contributed by atoms with Crippen molar-refractivity contribution in [2.75, 3.05) is 26.2 Å². The van der Waals surface area contributed by atoms with E-state index in [1.807, 2.05) is 23.2 Å². The molecule has 116 valence electrons. The van der Waals surface area contributed by atoms with Crippen LogP contribution >= 0.6 is 0 Å². The Balaban J connectivity index is 1.53. The molecule has 2 atom stereocenters. The van der Waals surface area contributed by atoms with Gasteiger partial charge in [0.15, 0.2) is 0 Å². The number of hydrogen-bond donors (Lipinski definition) is 2. The third-order valence-corrected chi connectivity index (χ3v) is 4.65. The van der Waals surface area contributed by atoms with E-state index in [1.165, 1.54) is 0 Å². The summed E-state index contributed by atoms with van der Waals surface area (Å²) in [6.45, 7) is 3.12.